The number of piperidine rings is 1. The lowest BCUT2D eigenvalue weighted by molar-refractivity contribution is -0.145. The molecular formula is C15H19NO4. The van der Waals surface area contributed by atoms with Crippen molar-refractivity contribution in [2.24, 2.45) is 0 Å². The zero-order valence-corrected chi connectivity index (χ0v) is 11.5. The molecule has 1 fully saturated rings. The van der Waals surface area contributed by atoms with Gasteiger partial charge in [-0.05, 0) is 44.0 Å². The first-order chi connectivity index (χ1) is 9.66. The predicted molar refractivity (Wildman–Crippen MR) is 73.0 cm³/mol. The molecule has 1 aromatic rings. The van der Waals surface area contributed by atoms with Crippen molar-refractivity contribution >= 4 is 5.97 Å². The van der Waals surface area contributed by atoms with Crippen LogP contribution in [0, 0.1) is 0 Å². The highest BCUT2D eigenvalue weighted by Crippen LogP contribution is 2.36. The fraction of sp³-hybridized carbons (Fsp3) is 0.533. The monoisotopic (exact) mass is 277 g/mol. The van der Waals surface area contributed by atoms with Crippen LogP contribution in [0.25, 0.3) is 0 Å². The van der Waals surface area contributed by atoms with Gasteiger partial charge in [0.1, 0.15) is 6.04 Å². The average molecular weight is 277 g/mol. The van der Waals surface area contributed by atoms with Crippen molar-refractivity contribution in [1.82, 2.24) is 4.90 Å². The van der Waals surface area contributed by atoms with Crippen LogP contribution in [0.4, 0.5) is 0 Å². The standard InChI is InChI=1S/C15H19NO4/c1-10(16-7-3-2-4-12(16)15(17)18)11-5-6-13-14(8-11)20-9-19-13/h5-6,8,10,12H,2-4,7,9H2,1H3,(H,17,18). The maximum absolute atomic E-state index is 11.4. The molecule has 5 nitrogen and oxygen atoms in total. The van der Waals surface area contributed by atoms with E-state index < -0.39 is 5.97 Å². The van der Waals surface area contributed by atoms with Crippen molar-refractivity contribution in [3.8, 4) is 11.5 Å². The molecule has 108 valence electrons. The molecule has 2 heterocycles. The first kappa shape index (κ1) is 13.2. The first-order valence-electron chi connectivity index (χ1n) is 7.05. The molecule has 1 N–H and O–H groups in total. The van der Waals surface area contributed by atoms with Crippen molar-refractivity contribution in [3.05, 3.63) is 23.8 Å². The van der Waals surface area contributed by atoms with Crippen LogP contribution in [-0.2, 0) is 4.79 Å². The van der Waals surface area contributed by atoms with Crippen LogP contribution in [0.2, 0.25) is 0 Å². The van der Waals surface area contributed by atoms with E-state index in [2.05, 4.69) is 11.8 Å². The Morgan fingerprint density at radius 1 is 1.35 bits per heavy atom. The van der Waals surface area contributed by atoms with Gasteiger partial charge in [0.2, 0.25) is 6.79 Å². The molecule has 0 radical (unpaired) electrons. The van der Waals surface area contributed by atoms with E-state index in [4.69, 9.17) is 9.47 Å². The van der Waals surface area contributed by atoms with Gasteiger partial charge in [0, 0.05) is 6.04 Å². The summed E-state index contributed by atoms with van der Waals surface area (Å²) in [7, 11) is 0. The summed E-state index contributed by atoms with van der Waals surface area (Å²) >= 11 is 0. The number of likely N-dealkylation sites (tertiary alicyclic amines) is 1. The topological polar surface area (TPSA) is 59.0 Å². The predicted octanol–water partition coefficient (Wildman–Crippen LogP) is 2.42. The average Bonchev–Trinajstić information content (AvgIpc) is 2.93. The van der Waals surface area contributed by atoms with Gasteiger partial charge in [-0.2, -0.15) is 0 Å². The third-order valence-electron chi connectivity index (χ3n) is 4.21. The van der Waals surface area contributed by atoms with Crippen molar-refractivity contribution < 1.29 is 19.4 Å². The maximum atomic E-state index is 11.4. The number of fused-ring (bicyclic) bond motifs is 1. The first-order valence-corrected chi connectivity index (χ1v) is 7.05. The van der Waals surface area contributed by atoms with Gasteiger partial charge in [0.05, 0.1) is 0 Å². The van der Waals surface area contributed by atoms with Crippen LogP contribution < -0.4 is 9.47 Å². The summed E-state index contributed by atoms with van der Waals surface area (Å²) in [5.41, 5.74) is 1.07. The Bertz CT molecular complexity index is 517. The molecule has 0 amide bonds. The third-order valence-corrected chi connectivity index (χ3v) is 4.21. The molecule has 2 atom stereocenters. The number of carboxylic acid groups (broad SMARTS) is 1. The molecule has 2 aliphatic heterocycles. The lowest BCUT2D eigenvalue weighted by Gasteiger charge is -2.37. The Hall–Kier alpha value is -1.75. The Balaban J connectivity index is 1.83. The molecule has 2 unspecified atom stereocenters. The van der Waals surface area contributed by atoms with E-state index in [0.717, 1.165) is 42.9 Å². The van der Waals surface area contributed by atoms with Crippen LogP contribution in [0.1, 0.15) is 37.8 Å². The quantitative estimate of drug-likeness (QED) is 0.919. The summed E-state index contributed by atoms with van der Waals surface area (Å²) < 4.78 is 10.7. The van der Waals surface area contributed by atoms with E-state index in [1.807, 2.05) is 18.2 Å². The van der Waals surface area contributed by atoms with Crippen LogP contribution in [0.3, 0.4) is 0 Å². The van der Waals surface area contributed by atoms with E-state index in [-0.39, 0.29) is 18.9 Å². The lowest BCUT2D eigenvalue weighted by atomic mass is 9.97. The van der Waals surface area contributed by atoms with E-state index in [1.165, 1.54) is 0 Å². The maximum Gasteiger partial charge on any atom is 0.320 e. The number of benzene rings is 1. The van der Waals surface area contributed by atoms with Crippen LogP contribution in [-0.4, -0.2) is 35.4 Å². The van der Waals surface area contributed by atoms with E-state index in [0.29, 0.717) is 0 Å². The number of rotatable bonds is 3. The zero-order chi connectivity index (χ0) is 14.1. The van der Waals surface area contributed by atoms with Crippen molar-refractivity contribution in [1.29, 1.82) is 0 Å². The van der Waals surface area contributed by atoms with Gasteiger partial charge in [-0.1, -0.05) is 12.5 Å². The van der Waals surface area contributed by atoms with E-state index in [9.17, 15) is 9.90 Å². The smallest absolute Gasteiger partial charge is 0.320 e. The molecule has 2 aliphatic rings. The van der Waals surface area contributed by atoms with Gasteiger partial charge in [-0.25, -0.2) is 0 Å². The molecule has 0 bridgehead atoms. The second kappa shape index (κ2) is 5.32. The Kier molecular flexibility index (Phi) is 3.53. The number of nitrogens with zero attached hydrogens (tertiary/aromatic N) is 1. The second-order valence-corrected chi connectivity index (χ2v) is 5.38. The fourth-order valence-corrected chi connectivity index (χ4v) is 3.05. The summed E-state index contributed by atoms with van der Waals surface area (Å²) in [5, 5.41) is 9.37. The largest absolute Gasteiger partial charge is 0.480 e. The van der Waals surface area contributed by atoms with Gasteiger partial charge >= 0.3 is 5.97 Å². The lowest BCUT2D eigenvalue weighted by Crippen LogP contribution is -2.45. The van der Waals surface area contributed by atoms with Gasteiger partial charge in [-0.15, -0.1) is 0 Å². The number of carbonyl (C=O) groups is 1. The highest BCUT2D eigenvalue weighted by Gasteiger charge is 2.32. The van der Waals surface area contributed by atoms with Gasteiger partial charge in [0.25, 0.3) is 0 Å². The third kappa shape index (κ3) is 2.33. The van der Waals surface area contributed by atoms with Crippen molar-refractivity contribution in [2.75, 3.05) is 13.3 Å². The summed E-state index contributed by atoms with van der Waals surface area (Å²) in [6.07, 6.45) is 2.77. The second-order valence-electron chi connectivity index (χ2n) is 5.38. The molecule has 1 aromatic carbocycles. The van der Waals surface area contributed by atoms with Crippen molar-refractivity contribution in [2.45, 2.75) is 38.3 Å². The molecule has 5 heteroatoms. The normalized spacial score (nSPS) is 23.6. The highest BCUT2D eigenvalue weighted by atomic mass is 16.7. The molecule has 0 aromatic heterocycles. The molecular weight excluding hydrogens is 258 g/mol. The Morgan fingerprint density at radius 3 is 2.95 bits per heavy atom. The van der Waals surface area contributed by atoms with Crippen LogP contribution >= 0.6 is 0 Å². The van der Waals surface area contributed by atoms with Gasteiger partial charge in [0.15, 0.2) is 11.5 Å². The summed E-state index contributed by atoms with van der Waals surface area (Å²) in [4.78, 5) is 13.5. The fourth-order valence-electron chi connectivity index (χ4n) is 3.05. The summed E-state index contributed by atoms with van der Waals surface area (Å²) in [6, 6.07) is 5.52. The minimum absolute atomic E-state index is 0.0610. The molecule has 0 saturated carbocycles. The minimum atomic E-state index is -0.725. The van der Waals surface area contributed by atoms with Gasteiger partial charge in [-0.3, -0.25) is 9.69 Å². The Labute approximate surface area is 118 Å². The number of aliphatic carboxylic acids is 1. The number of hydrogen-bond acceptors (Lipinski definition) is 4. The molecule has 0 spiro atoms. The molecule has 0 aliphatic carbocycles. The number of ether oxygens (including phenoxy) is 2. The highest BCUT2D eigenvalue weighted by molar-refractivity contribution is 5.73. The molecule has 3 rings (SSSR count). The van der Waals surface area contributed by atoms with Crippen LogP contribution in [0.15, 0.2) is 18.2 Å². The van der Waals surface area contributed by atoms with Crippen molar-refractivity contribution in [3.63, 3.8) is 0 Å². The van der Waals surface area contributed by atoms with Crippen LogP contribution in [0.5, 0.6) is 11.5 Å². The minimum Gasteiger partial charge on any atom is -0.480 e. The molecule has 20 heavy (non-hydrogen) atoms. The zero-order valence-electron chi connectivity index (χ0n) is 11.5. The Morgan fingerprint density at radius 2 is 2.15 bits per heavy atom. The summed E-state index contributed by atoms with van der Waals surface area (Å²) in [6.45, 7) is 3.14. The molecule has 1 saturated heterocycles. The number of hydrogen-bond donors (Lipinski definition) is 1. The number of carboxylic acids is 1. The van der Waals surface area contributed by atoms with E-state index in [1.54, 1.807) is 0 Å². The van der Waals surface area contributed by atoms with Gasteiger partial charge < -0.3 is 14.6 Å². The SMILES string of the molecule is CC(c1ccc2c(c1)OCO2)N1CCCCC1C(=O)O. The summed E-state index contributed by atoms with van der Waals surface area (Å²) in [5.74, 6) is 0.782. The van der Waals surface area contributed by atoms with E-state index >= 15 is 0 Å².